The molecule has 0 aromatic heterocycles. The van der Waals surface area contributed by atoms with Gasteiger partial charge in [-0.1, -0.05) is 6.92 Å². The molecule has 77 valence electrons. The summed E-state index contributed by atoms with van der Waals surface area (Å²) in [5.41, 5.74) is 0. The molecule has 0 atom stereocenters. The van der Waals surface area contributed by atoms with Gasteiger partial charge < -0.3 is 0 Å². The first-order chi connectivity index (χ1) is 6.15. The molecule has 0 amide bonds. The Labute approximate surface area is 82.3 Å². The van der Waals surface area contributed by atoms with Crippen LogP contribution >= 0.6 is 0 Å². The van der Waals surface area contributed by atoms with Gasteiger partial charge in [-0.25, -0.2) is 10.0 Å². The van der Waals surface area contributed by atoms with E-state index in [0.29, 0.717) is 6.04 Å². The molecule has 0 spiro atoms. The lowest BCUT2D eigenvalue weighted by atomic mass is 10.2. The second kappa shape index (κ2) is 4.94. The molecule has 0 unspecified atom stereocenters. The molecule has 0 bridgehead atoms. The average Bonchev–Trinajstić information content (AvgIpc) is 2.17. The average molecular weight is 184 g/mol. The summed E-state index contributed by atoms with van der Waals surface area (Å²) in [6.45, 7) is 12.2. The minimum Gasteiger partial charge on any atom is -0.298 e. The van der Waals surface area contributed by atoms with E-state index in [1.54, 1.807) is 0 Å². The Hall–Kier alpha value is -0.120. The van der Waals surface area contributed by atoms with Gasteiger partial charge in [-0.15, -0.1) is 0 Å². The Morgan fingerprint density at radius 2 is 1.77 bits per heavy atom. The van der Waals surface area contributed by atoms with E-state index in [9.17, 15) is 0 Å². The standard InChI is InChI=1S/C10H22N3/c1-5-11(4)13-8-6-12(7-9-13)10(2)3/h10H,4-9H2,1-3H3. The second-order valence-corrected chi connectivity index (χ2v) is 3.91. The van der Waals surface area contributed by atoms with E-state index in [0.717, 1.165) is 19.6 Å². The van der Waals surface area contributed by atoms with Crippen molar-refractivity contribution in [2.45, 2.75) is 26.8 Å². The van der Waals surface area contributed by atoms with Gasteiger partial charge in [0.05, 0.1) is 0 Å². The molecule has 13 heavy (non-hydrogen) atoms. The third kappa shape index (κ3) is 2.93. The smallest absolute Gasteiger partial charge is 0.0275 e. The first kappa shape index (κ1) is 11.0. The van der Waals surface area contributed by atoms with Crippen LogP contribution in [0.5, 0.6) is 0 Å². The van der Waals surface area contributed by atoms with Crippen molar-refractivity contribution in [3.05, 3.63) is 7.05 Å². The molecule has 1 saturated heterocycles. The van der Waals surface area contributed by atoms with Gasteiger partial charge >= 0.3 is 0 Å². The molecule has 1 rings (SSSR count). The summed E-state index contributed by atoms with van der Waals surface area (Å²) < 4.78 is 0. The third-order valence-electron chi connectivity index (χ3n) is 2.79. The molecule has 1 radical (unpaired) electrons. The summed E-state index contributed by atoms with van der Waals surface area (Å²) in [5.74, 6) is 0. The molecule has 1 aliphatic rings. The molecular weight excluding hydrogens is 162 g/mol. The van der Waals surface area contributed by atoms with Crippen LogP contribution in [0, 0.1) is 7.05 Å². The summed E-state index contributed by atoms with van der Waals surface area (Å²) in [6.07, 6.45) is 0. The van der Waals surface area contributed by atoms with Crippen LogP contribution in [0.2, 0.25) is 0 Å². The first-order valence-corrected chi connectivity index (χ1v) is 5.22. The van der Waals surface area contributed by atoms with Gasteiger partial charge in [0, 0.05) is 45.8 Å². The number of piperazine rings is 1. The fourth-order valence-corrected chi connectivity index (χ4v) is 1.71. The summed E-state index contributed by atoms with van der Waals surface area (Å²) in [6, 6.07) is 0.682. The normalized spacial score (nSPS) is 21.7. The van der Waals surface area contributed by atoms with Crippen LogP contribution in [0.1, 0.15) is 20.8 Å². The molecule has 0 aromatic rings. The molecule has 1 fully saturated rings. The Kier molecular flexibility index (Phi) is 4.16. The number of hydrazine groups is 1. The molecule has 1 heterocycles. The molecule has 1 aliphatic heterocycles. The molecule has 0 N–H and O–H groups in total. The lowest BCUT2D eigenvalue weighted by Crippen LogP contribution is -2.53. The fraction of sp³-hybridized carbons (Fsp3) is 0.900. The van der Waals surface area contributed by atoms with Gasteiger partial charge in [0.2, 0.25) is 0 Å². The van der Waals surface area contributed by atoms with E-state index >= 15 is 0 Å². The minimum atomic E-state index is 0.682. The lowest BCUT2D eigenvalue weighted by Gasteiger charge is -2.40. The highest BCUT2D eigenvalue weighted by molar-refractivity contribution is 4.72. The van der Waals surface area contributed by atoms with Crippen molar-refractivity contribution in [3.8, 4) is 0 Å². The summed E-state index contributed by atoms with van der Waals surface area (Å²) in [7, 11) is 3.99. The maximum Gasteiger partial charge on any atom is 0.0275 e. The first-order valence-electron chi connectivity index (χ1n) is 5.22. The number of rotatable bonds is 3. The molecule has 0 aromatic carbocycles. The Balaban J connectivity index is 2.30. The van der Waals surface area contributed by atoms with Crippen LogP contribution in [-0.2, 0) is 0 Å². The second-order valence-electron chi connectivity index (χ2n) is 3.91. The third-order valence-corrected chi connectivity index (χ3v) is 2.79. The monoisotopic (exact) mass is 184 g/mol. The summed E-state index contributed by atoms with van der Waals surface area (Å²) >= 11 is 0. The van der Waals surface area contributed by atoms with Crippen LogP contribution in [0.25, 0.3) is 0 Å². The highest BCUT2D eigenvalue weighted by Crippen LogP contribution is 2.07. The van der Waals surface area contributed by atoms with Crippen molar-refractivity contribution in [2.75, 3.05) is 32.7 Å². The highest BCUT2D eigenvalue weighted by Gasteiger charge is 2.20. The van der Waals surface area contributed by atoms with Crippen molar-refractivity contribution in [1.29, 1.82) is 0 Å². The zero-order valence-electron chi connectivity index (χ0n) is 9.16. The van der Waals surface area contributed by atoms with Crippen molar-refractivity contribution in [1.82, 2.24) is 14.9 Å². The van der Waals surface area contributed by atoms with Crippen LogP contribution < -0.4 is 0 Å². The van der Waals surface area contributed by atoms with Gasteiger partial charge in [0.1, 0.15) is 0 Å². The van der Waals surface area contributed by atoms with Crippen molar-refractivity contribution >= 4 is 0 Å². The Bertz CT molecular complexity index is 139. The van der Waals surface area contributed by atoms with Crippen molar-refractivity contribution < 1.29 is 0 Å². The number of hydrogen-bond acceptors (Lipinski definition) is 3. The molecule has 3 heteroatoms. The fourth-order valence-electron chi connectivity index (χ4n) is 1.71. The number of hydrogen-bond donors (Lipinski definition) is 0. The molecule has 3 nitrogen and oxygen atoms in total. The maximum absolute atomic E-state index is 3.99. The van der Waals surface area contributed by atoms with E-state index in [-0.39, 0.29) is 0 Å². The number of nitrogens with zero attached hydrogens (tertiary/aromatic N) is 3. The lowest BCUT2D eigenvalue weighted by molar-refractivity contribution is -0.0268. The zero-order valence-corrected chi connectivity index (χ0v) is 9.16. The van der Waals surface area contributed by atoms with Crippen LogP contribution in [0.3, 0.4) is 0 Å². The van der Waals surface area contributed by atoms with E-state index in [1.807, 2.05) is 0 Å². The van der Waals surface area contributed by atoms with Gasteiger partial charge in [-0.2, -0.15) is 0 Å². The van der Waals surface area contributed by atoms with Crippen LogP contribution in [0.15, 0.2) is 0 Å². The Morgan fingerprint density at radius 1 is 1.23 bits per heavy atom. The van der Waals surface area contributed by atoms with Crippen molar-refractivity contribution in [3.63, 3.8) is 0 Å². The van der Waals surface area contributed by atoms with Gasteiger partial charge in [-0.3, -0.25) is 4.90 Å². The molecular formula is C10H22N3. The quantitative estimate of drug-likeness (QED) is 0.649. The van der Waals surface area contributed by atoms with Crippen LogP contribution in [-0.4, -0.2) is 53.7 Å². The largest absolute Gasteiger partial charge is 0.298 e. The molecule has 0 aliphatic carbocycles. The molecule has 0 saturated carbocycles. The summed E-state index contributed by atoms with van der Waals surface area (Å²) in [5, 5.41) is 4.40. The van der Waals surface area contributed by atoms with Crippen molar-refractivity contribution in [2.24, 2.45) is 0 Å². The van der Waals surface area contributed by atoms with Crippen LogP contribution in [0.4, 0.5) is 0 Å². The summed E-state index contributed by atoms with van der Waals surface area (Å²) in [4.78, 5) is 2.51. The van der Waals surface area contributed by atoms with Gasteiger partial charge in [-0.05, 0) is 13.8 Å². The topological polar surface area (TPSA) is 9.72 Å². The van der Waals surface area contributed by atoms with E-state index in [4.69, 9.17) is 0 Å². The van der Waals surface area contributed by atoms with Gasteiger partial charge in [0.25, 0.3) is 0 Å². The van der Waals surface area contributed by atoms with E-state index < -0.39 is 0 Å². The zero-order chi connectivity index (χ0) is 9.84. The minimum absolute atomic E-state index is 0.682. The maximum atomic E-state index is 3.99. The predicted octanol–water partition coefficient (Wildman–Crippen LogP) is 1.04. The van der Waals surface area contributed by atoms with Gasteiger partial charge in [0.15, 0.2) is 0 Å². The highest BCUT2D eigenvalue weighted by atomic mass is 15.6. The predicted molar refractivity (Wildman–Crippen MR) is 56.0 cm³/mol. The van der Waals surface area contributed by atoms with E-state index in [2.05, 4.69) is 42.7 Å². The van der Waals surface area contributed by atoms with E-state index in [1.165, 1.54) is 13.1 Å². The Morgan fingerprint density at radius 3 is 2.15 bits per heavy atom. The SMILES string of the molecule is [CH2]N(CC)N1CCN(C(C)C)CC1.